The van der Waals surface area contributed by atoms with E-state index in [1.165, 1.54) is 11.3 Å². The van der Waals surface area contributed by atoms with Crippen molar-refractivity contribution in [1.29, 1.82) is 0 Å². The van der Waals surface area contributed by atoms with Crippen LogP contribution in [-0.4, -0.2) is 36.5 Å². The van der Waals surface area contributed by atoms with E-state index in [0.29, 0.717) is 29.2 Å². The molecule has 1 aromatic carbocycles. The molecular formula is C23H23N5O2S2. The minimum Gasteiger partial charge on any atom is -0.611 e. The molecule has 1 aliphatic heterocycles. The van der Waals surface area contributed by atoms with Crippen LogP contribution in [-0.2, 0) is 11.2 Å². The molecule has 1 fully saturated rings. The molecule has 4 aromatic rings. The van der Waals surface area contributed by atoms with E-state index in [0.717, 1.165) is 28.3 Å². The van der Waals surface area contributed by atoms with Crippen molar-refractivity contribution in [1.82, 2.24) is 25.5 Å². The van der Waals surface area contributed by atoms with Gasteiger partial charge in [-0.1, -0.05) is 0 Å². The Kier molecular flexibility index (Phi) is 6.05. The van der Waals surface area contributed by atoms with Crippen LogP contribution in [0.5, 0.6) is 0 Å². The molecule has 5 rings (SSSR count). The van der Waals surface area contributed by atoms with Crippen LogP contribution in [0.3, 0.4) is 0 Å². The molecule has 0 aliphatic carbocycles. The lowest BCUT2D eigenvalue weighted by Gasteiger charge is -2.14. The summed E-state index contributed by atoms with van der Waals surface area (Å²) >= 11 is 0.657. The molecule has 4 heterocycles. The number of hydrogen-bond donors (Lipinski definition) is 1. The van der Waals surface area contributed by atoms with Crippen molar-refractivity contribution in [2.45, 2.75) is 42.9 Å². The predicted molar refractivity (Wildman–Crippen MR) is 126 cm³/mol. The van der Waals surface area contributed by atoms with Gasteiger partial charge in [-0.3, -0.25) is 4.98 Å². The van der Waals surface area contributed by atoms with Crippen molar-refractivity contribution in [2.75, 3.05) is 6.54 Å². The van der Waals surface area contributed by atoms with Crippen molar-refractivity contribution in [2.24, 2.45) is 0 Å². The van der Waals surface area contributed by atoms with Crippen LogP contribution in [0, 0.1) is 0 Å². The molecule has 1 aliphatic rings. The molecule has 1 N–H and O–H groups in total. The van der Waals surface area contributed by atoms with E-state index in [9.17, 15) is 4.55 Å². The Morgan fingerprint density at radius 3 is 2.59 bits per heavy atom. The van der Waals surface area contributed by atoms with Crippen molar-refractivity contribution >= 4 is 22.5 Å². The molecule has 1 saturated heterocycles. The Labute approximate surface area is 193 Å². The zero-order valence-electron chi connectivity index (χ0n) is 17.8. The fourth-order valence-electron chi connectivity index (χ4n) is 3.65. The van der Waals surface area contributed by atoms with Gasteiger partial charge >= 0.3 is 0 Å². The Morgan fingerprint density at radius 2 is 1.84 bits per heavy atom. The summed E-state index contributed by atoms with van der Waals surface area (Å²) in [5.74, 6) is 0.822. The standard InChI is InChI=1S/C23H23N5O2S2/c1-14(2)32(29)16-7-5-15(6-8-16)18-12-24-13-19(26-18)22-27-28-23(30-22)21-10-9-20(31-21)17-4-3-11-25-17/h5-10,12-14,17,25H,3-4,11H2,1-2H3. The lowest BCUT2D eigenvalue weighted by atomic mass is 10.1. The number of nitrogens with one attached hydrogen (secondary N) is 1. The first-order valence-electron chi connectivity index (χ1n) is 10.6. The minimum atomic E-state index is -1.02. The van der Waals surface area contributed by atoms with Crippen molar-refractivity contribution < 1.29 is 8.97 Å². The summed E-state index contributed by atoms with van der Waals surface area (Å²) in [5, 5.41) is 12.0. The van der Waals surface area contributed by atoms with E-state index in [1.54, 1.807) is 23.7 Å². The lowest BCUT2D eigenvalue weighted by molar-refractivity contribution is 0.583. The molecule has 3 aromatic heterocycles. The lowest BCUT2D eigenvalue weighted by Crippen LogP contribution is -2.13. The van der Waals surface area contributed by atoms with E-state index < -0.39 is 11.2 Å². The Morgan fingerprint density at radius 1 is 1.06 bits per heavy atom. The Balaban J connectivity index is 1.37. The number of benzene rings is 1. The largest absolute Gasteiger partial charge is 0.611 e. The van der Waals surface area contributed by atoms with Gasteiger partial charge in [0.2, 0.25) is 0 Å². The molecule has 0 amide bonds. The van der Waals surface area contributed by atoms with Gasteiger partial charge in [-0.15, -0.1) is 21.5 Å². The molecular weight excluding hydrogens is 442 g/mol. The SMILES string of the molecule is CC(C)[S+]([O-])c1ccc(-c2cncc(-c3nnc(-c4ccc(C5CCCN5)s4)o3)n2)cc1. The van der Waals surface area contributed by atoms with E-state index in [4.69, 9.17) is 4.42 Å². The van der Waals surface area contributed by atoms with Gasteiger partial charge in [0, 0.05) is 16.5 Å². The monoisotopic (exact) mass is 465 g/mol. The summed E-state index contributed by atoms with van der Waals surface area (Å²) < 4.78 is 18.2. The van der Waals surface area contributed by atoms with E-state index in [2.05, 4.69) is 31.5 Å². The van der Waals surface area contributed by atoms with Crippen LogP contribution < -0.4 is 5.32 Å². The molecule has 2 unspecified atom stereocenters. The maximum atomic E-state index is 12.3. The fraction of sp³-hybridized carbons (Fsp3) is 0.304. The number of nitrogens with zero attached hydrogens (tertiary/aromatic N) is 4. The third-order valence-corrected chi connectivity index (χ3v) is 8.11. The van der Waals surface area contributed by atoms with Gasteiger partial charge in [0.1, 0.15) is 10.9 Å². The zero-order valence-corrected chi connectivity index (χ0v) is 19.4. The van der Waals surface area contributed by atoms with E-state index in [1.807, 2.05) is 44.2 Å². The van der Waals surface area contributed by atoms with Crippen LogP contribution in [0.1, 0.15) is 37.6 Å². The van der Waals surface area contributed by atoms with Crippen LogP contribution in [0.2, 0.25) is 0 Å². The van der Waals surface area contributed by atoms with Crippen LogP contribution in [0.15, 0.2) is 58.1 Å². The average Bonchev–Trinajstić information content (AvgIpc) is 3.59. The van der Waals surface area contributed by atoms with Crippen molar-refractivity contribution in [3.63, 3.8) is 0 Å². The highest BCUT2D eigenvalue weighted by atomic mass is 32.2. The highest BCUT2D eigenvalue weighted by molar-refractivity contribution is 7.92. The molecule has 0 spiro atoms. The summed E-state index contributed by atoms with van der Waals surface area (Å²) in [6.07, 6.45) is 5.67. The smallest absolute Gasteiger partial charge is 0.268 e. The zero-order chi connectivity index (χ0) is 22.1. The van der Waals surface area contributed by atoms with Crippen molar-refractivity contribution in [3.05, 3.63) is 53.7 Å². The van der Waals surface area contributed by atoms with Gasteiger partial charge < -0.3 is 14.3 Å². The van der Waals surface area contributed by atoms with E-state index in [-0.39, 0.29) is 5.25 Å². The van der Waals surface area contributed by atoms with Gasteiger partial charge in [0.25, 0.3) is 11.8 Å². The molecule has 0 bridgehead atoms. The summed E-state index contributed by atoms with van der Waals surface area (Å²) in [4.78, 5) is 12.0. The predicted octanol–water partition coefficient (Wildman–Crippen LogP) is 4.86. The molecule has 0 radical (unpaired) electrons. The summed E-state index contributed by atoms with van der Waals surface area (Å²) in [5.41, 5.74) is 2.09. The first kappa shape index (κ1) is 21.3. The normalized spacial score (nSPS) is 17.2. The van der Waals surface area contributed by atoms with E-state index >= 15 is 0 Å². The summed E-state index contributed by atoms with van der Waals surface area (Å²) in [6.45, 7) is 4.95. The number of rotatable bonds is 6. The first-order valence-corrected chi connectivity index (χ1v) is 12.6. The second-order valence-electron chi connectivity index (χ2n) is 7.92. The van der Waals surface area contributed by atoms with Crippen LogP contribution >= 0.6 is 11.3 Å². The Bertz CT molecular complexity index is 1200. The molecule has 2 atom stereocenters. The van der Waals surface area contributed by atoms with Gasteiger partial charge in [-0.25, -0.2) is 4.98 Å². The second-order valence-corrected chi connectivity index (χ2v) is 11.0. The maximum absolute atomic E-state index is 12.3. The number of hydrogen-bond acceptors (Lipinski definition) is 8. The summed E-state index contributed by atoms with van der Waals surface area (Å²) in [7, 11) is 0. The second kappa shape index (κ2) is 9.11. The third-order valence-electron chi connectivity index (χ3n) is 5.33. The number of aromatic nitrogens is 4. The average molecular weight is 466 g/mol. The van der Waals surface area contributed by atoms with Gasteiger partial charge in [-0.05, 0) is 80.8 Å². The van der Waals surface area contributed by atoms with Crippen molar-refractivity contribution in [3.8, 4) is 33.6 Å². The molecule has 32 heavy (non-hydrogen) atoms. The molecule has 0 saturated carbocycles. The third kappa shape index (κ3) is 4.33. The van der Waals surface area contributed by atoms with Crippen LogP contribution in [0.25, 0.3) is 33.6 Å². The molecule has 164 valence electrons. The fourth-order valence-corrected chi connectivity index (χ4v) is 5.64. The molecule has 7 nitrogen and oxygen atoms in total. The highest BCUT2D eigenvalue weighted by Crippen LogP contribution is 2.35. The van der Waals surface area contributed by atoms with Gasteiger partial charge in [0.15, 0.2) is 4.90 Å². The minimum absolute atomic E-state index is 0.0737. The summed E-state index contributed by atoms with van der Waals surface area (Å²) in [6, 6.07) is 12.1. The van der Waals surface area contributed by atoms with Gasteiger partial charge in [-0.2, -0.15) is 0 Å². The Hall–Kier alpha value is -2.59. The first-order chi connectivity index (χ1) is 15.6. The van der Waals surface area contributed by atoms with Crippen LogP contribution in [0.4, 0.5) is 0 Å². The highest BCUT2D eigenvalue weighted by Gasteiger charge is 2.21. The maximum Gasteiger partial charge on any atom is 0.268 e. The topological polar surface area (TPSA) is 99.8 Å². The molecule has 9 heteroatoms. The quantitative estimate of drug-likeness (QED) is 0.406. The van der Waals surface area contributed by atoms with Gasteiger partial charge in [0.05, 0.1) is 23.0 Å². The number of thiophene rings is 1.